The van der Waals surface area contributed by atoms with Crippen LogP contribution in [0.2, 0.25) is 0 Å². The second-order valence-corrected chi connectivity index (χ2v) is 5.51. The SMILES string of the molecule is Cc1c(CC#N)c2cccnc2n1Cc1ccccc1C(F)(F)F. The standard InChI is InChI=1S/C18H14F3N3/c1-12-14(8-9-22)15-6-4-10-23-17(15)24(12)11-13-5-2-3-7-16(13)18(19,20)21/h2-7,10H,8,11H2,1H3. The second-order valence-electron chi connectivity index (χ2n) is 5.51. The van der Waals surface area contributed by atoms with Gasteiger partial charge >= 0.3 is 6.18 Å². The molecule has 0 amide bonds. The monoisotopic (exact) mass is 329 g/mol. The van der Waals surface area contributed by atoms with Crippen LogP contribution in [0.1, 0.15) is 22.4 Å². The predicted molar refractivity (Wildman–Crippen MR) is 84.3 cm³/mol. The van der Waals surface area contributed by atoms with E-state index in [0.29, 0.717) is 5.65 Å². The minimum absolute atomic E-state index is 0.0560. The first-order valence-corrected chi connectivity index (χ1v) is 7.38. The van der Waals surface area contributed by atoms with E-state index in [9.17, 15) is 13.2 Å². The van der Waals surface area contributed by atoms with Gasteiger partial charge in [-0.15, -0.1) is 0 Å². The summed E-state index contributed by atoms with van der Waals surface area (Å²) in [5.41, 5.74) is 1.70. The van der Waals surface area contributed by atoms with Crippen molar-refractivity contribution < 1.29 is 13.2 Å². The minimum atomic E-state index is -4.41. The van der Waals surface area contributed by atoms with Gasteiger partial charge in [-0.05, 0) is 36.2 Å². The van der Waals surface area contributed by atoms with Crippen molar-refractivity contribution in [1.82, 2.24) is 9.55 Å². The lowest BCUT2D eigenvalue weighted by atomic mass is 10.1. The van der Waals surface area contributed by atoms with Crippen LogP contribution in [0.3, 0.4) is 0 Å². The van der Waals surface area contributed by atoms with Crippen LogP contribution in [0, 0.1) is 18.3 Å². The first kappa shape index (κ1) is 16.1. The normalized spacial score (nSPS) is 11.6. The third kappa shape index (κ3) is 2.73. The Morgan fingerprint density at radius 3 is 2.62 bits per heavy atom. The summed E-state index contributed by atoms with van der Waals surface area (Å²) in [7, 11) is 0. The summed E-state index contributed by atoms with van der Waals surface area (Å²) in [4.78, 5) is 4.31. The number of hydrogen-bond donors (Lipinski definition) is 0. The molecule has 2 heterocycles. The van der Waals surface area contributed by atoms with E-state index in [1.54, 1.807) is 22.9 Å². The van der Waals surface area contributed by atoms with Crippen molar-refractivity contribution in [2.24, 2.45) is 0 Å². The third-order valence-corrected chi connectivity index (χ3v) is 4.12. The van der Waals surface area contributed by atoms with Crippen LogP contribution in [0.4, 0.5) is 13.2 Å². The van der Waals surface area contributed by atoms with Crippen molar-refractivity contribution in [3.63, 3.8) is 0 Å². The zero-order valence-electron chi connectivity index (χ0n) is 12.9. The molecule has 0 radical (unpaired) electrons. The molecule has 0 unspecified atom stereocenters. The van der Waals surface area contributed by atoms with Gasteiger partial charge in [0.25, 0.3) is 0 Å². The van der Waals surface area contributed by atoms with Gasteiger partial charge in [-0.2, -0.15) is 18.4 Å². The number of rotatable bonds is 3. The number of nitrogens with zero attached hydrogens (tertiary/aromatic N) is 3. The van der Waals surface area contributed by atoms with Gasteiger partial charge < -0.3 is 4.57 Å². The maximum absolute atomic E-state index is 13.2. The average Bonchev–Trinajstić information content (AvgIpc) is 2.81. The van der Waals surface area contributed by atoms with E-state index in [1.165, 1.54) is 12.1 Å². The maximum atomic E-state index is 13.2. The molecule has 1 aromatic carbocycles. The molecule has 0 atom stereocenters. The van der Waals surface area contributed by atoms with Crippen LogP contribution < -0.4 is 0 Å². The van der Waals surface area contributed by atoms with Gasteiger partial charge in [-0.1, -0.05) is 18.2 Å². The molecular formula is C18H14F3N3. The molecule has 122 valence electrons. The number of alkyl halides is 3. The summed E-state index contributed by atoms with van der Waals surface area (Å²) >= 11 is 0. The average molecular weight is 329 g/mol. The van der Waals surface area contributed by atoms with E-state index in [2.05, 4.69) is 11.1 Å². The van der Waals surface area contributed by atoms with Crippen LogP contribution in [0.15, 0.2) is 42.6 Å². The van der Waals surface area contributed by atoms with E-state index in [0.717, 1.165) is 22.7 Å². The smallest absolute Gasteiger partial charge is 0.325 e. The molecule has 0 saturated heterocycles. The molecule has 2 aromatic heterocycles. The second kappa shape index (κ2) is 6.00. The number of fused-ring (bicyclic) bond motifs is 1. The van der Waals surface area contributed by atoms with Crippen molar-refractivity contribution in [3.8, 4) is 6.07 Å². The quantitative estimate of drug-likeness (QED) is 0.711. The van der Waals surface area contributed by atoms with Gasteiger partial charge in [-0.3, -0.25) is 0 Å². The fraction of sp³-hybridized carbons (Fsp3) is 0.222. The number of nitriles is 1. The number of pyridine rings is 1. The first-order chi connectivity index (χ1) is 11.4. The summed E-state index contributed by atoms with van der Waals surface area (Å²) in [5.74, 6) is 0. The summed E-state index contributed by atoms with van der Waals surface area (Å²) in [5, 5.41) is 9.83. The van der Waals surface area contributed by atoms with Crippen LogP contribution >= 0.6 is 0 Å². The van der Waals surface area contributed by atoms with E-state index in [4.69, 9.17) is 5.26 Å². The Bertz CT molecular complexity index is 933. The molecule has 0 aliphatic heterocycles. The lowest BCUT2D eigenvalue weighted by Crippen LogP contribution is -2.12. The third-order valence-electron chi connectivity index (χ3n) is 4.12. The Kier molecular flexibility index (Phi) is 4.02. The molecule has 3 aromatic rings. The molecule has 3 rings (SSSR count). The van der Waals surface area contributed by atoms with Gasteiger partial charge in [0.1, 0.15) is 5.65 Å². The van der Waals surface area contributed by atoms with Gasteiger partial charge in [0.05, 0.1) is 18.1 Å². The Morgan fingerprint density at radius 2 is 1.92 bits per heavy atom. The zero-order valence-corrected chi connectivity index (χ0v) is 12.9. The predicted octanol–water partition coefficient (Wildman–Crippen LogP) is 4.48. The Balaban J connectivity index is 2.16. The minimum Gasteiger partial charge on any atom is -0.325 e. The Labute approximate surface area is 137 Å². The molecule has 3 nitrogen and oxygen atoms in total. The highest BCUT2D eigenvalue weighted by Crippen LogP contribution is 2.33. The Morgan fingerprint density at radius 1 is 1.17 bits per heavy atom. The molecule has 0 fully saturated rings. The number of aromatic nitrogens is 2. The molecule has 0 N–H and O–H groups in total. The Hall–Kier alpha value is -2.81. The van der Waals surface area contributed by atoms with Gasteiger partial charge in [0, 0.05) is 23.8 Å². The molecule has 0 spiro atoms. The summed E-state index contributed by atoms with van der Waals surface area (Å²) in [6, 6.07) is 11.2. The van der Waals surface area contributed by atoms with Gasteiger partial charge in [0.2, 0.25) is 0 Å². The highest BCUT2D eigenvalue weighted by molar-refractivity contribution is 5.82. The van der Waals surface area contributed by atoms with Crippen LogP contribution in [-0.2, 0) is 19.1 Å². The number of halogens is 3. The van der Waals surface area contributed by atoms with Crippen molar-refractivity contribution in [2.45, 2.75) is 26.1 Å². The number of hydrogen-bond acceptors (Lipinski definition) is 2. The highest BCUT2D eigenvalue weighted by atomic mass is 19.4. The molecular weight excluding hydrogens is 315 g/mol. The van der Waals surface area contributed by atoms with Crippen LogP contribution in [-0.4, -0.2) is 9.55 Å². The van der Waals surface area contributed by atoms with Gasteiger partial charge in [0.15, 0.2) is 0 Å². The molecule has 0 aliphatic rings. The summed E-state index contributed by atoms with van der Waals surface area (Å²) in [6.45, 7) is 1.87. The van der Waals surface area contributed by atoms with E-state index in [1.807, 2.05) is 13.0 Å². The first-order valence-electron chi connectivity index (χ1n) is 7.38. The molecule has 24 heavy (non-hydrogen) atoms. The summed E-state index contributed by atoms with van der Waals surface area (Å²) in [6.07, 6.45) is -2.61. The fourth-order valence-corrected chi connectivity index (χ4v) is 2.97. The van der Waals surface area contributed by atoms with Crippen molar-refractivity contribution >= 4 is 11.0 Å². The van der Waals surface area contributed by atoms with E-state index in [-0.39, 0.29) is 18.5 Å². The maximum Gasteiger partial charge on any atom is 0.416 e. The van der Waals surface area contributed by atoms with Crippen molar-refractivity contribution in [3.05, 3.63) is 65.0 Å². The van der Waals surface area contributed by atoms with E-state index < -0.39 is 11.7 Å². The largest absolute Gasteiger partial charge is 0.416 e. The lowest BCUT2D eigenvalue weighted by Gasteiger charge is -2.14. The fourth-order valence-electron chi connectivity index (χ4n) is 2.97. The van der Waals surface area contributed by atoms with Gasteiger partial charge in [-0.25, -0.2) is 4.98 Å². The number of benzene rings is 1. The summed E-state index contributed by atoms with van der Waals surface area (Å²) < 4.78 is 41.4. The van der Waals surface area contributed by atoms with Crippen LogP contribution in [0.25, 0.3) is 11.0 Å². The van der Waals surface area contributed by atoms with Crippen molar-refractivity contribution in [1.29, 1.82) is 5.26 Å². The molecule has 0 saturated carbocycles. The van der Waals surface area contributed by atoms with Crippen molar-refractivity contribution in [2.75, 3.05) is 0 Å². The van der Waals surface area contributed by atoms with E-state index >= 15 is 0 Å². The highest BCUT2D eigenvalue weighted by Gasteiger charge is 2.33. The van der Waals surface area contributed by atoms with Crippen LogP contribution in [0.5, 0.6) is 0 Å². The molecule has 6 heteroatoms. The lowest BCUT2D eigenvalue weighted by molar-refractivity contribution is -0.138. The zero-order chi connectivity index (χ0) is 17.3. The topological polar surface area (TPSA) is 41.6 Å². The molecule has 0 aliphatic carbocycles. The molecule has 0 bridgehead atoms.